The fourth-order valence-corrected chi connectivity index (χ4v) is 0.526. The van der Waals surface area contributed by atoms with Crippen molar-refractivity contribution < 1.29 is 18.9 Å². The first-order chi connectivity index (χ1) is 4.22. The van der Waals surface area contributed by atoms with E-state index in [1.165, 1.54) is 0 Å². The summed E-state index contributed by atoms with van der Waals surface area (Å²) in [5.74, 6) is -2.70. The van der Waals surface area contributed by atoms with Crippen LogP contribution in [0.15, 0.2) is 0 Å². The molecule has 0 heterocycles. The Balaban J connectivity index is 4.10. The number of carboxylic acids is 1. The summed E-state index contributed by atoms with van der Waals surface area (Å²) in [7, 11) is -0.571. The first kappa shape index (κ1) is 8.41. The van der Waals surface area contributed by atoms with Gasteiger partial charge in [0.1, 0.15) is 0 Å². The van der Waals surface area contributed by atoms with E-state index < -0.39 is 26.5 Å². The maximum atomic E-state index is 11.5. The van der Waals surface area contributed by atoms with Crippen molar-refractivity contribution in [1.29, 1.82) is 0 Å². The molecule has 5 heteroatoms. The minimum atomic E-state index is -1.36. The molecule has 0 aliphatic heterocycles. The average molecular weight is 150 g/mol. The number of hydrogen-bond donors (Lipinski definition) is 1. The van der Waals surface area contributed by atoms with E-state index in [0.29, 0.717) is 0 Å². The van der Waals surface area contributed by atoms with E-state index in [2.05, 4.69) is 0 Å². The molecule has 1 atom stereocenters. The third kappa shape index (κ3) is 3.07. The number of hydrogen-bond acceptors (Lipinski definition) is 2. The molecule has 0 aromatic heterocycles. The van der Waals surface area contributed by atoms with Gasteiger partial charge in [-0.2, -0.15) is 0 Å². The average Bonchev–Trinajstić information content (AvgIpc) is 1.82. The maximum absolute atomic E-state index is 11.5. The molecule has 0 aromatic carbocycles. The number of alkyl halides is 1. The fraction of sp³-hybridized carbons (Fsp3) is 0.500. The van der Waals surface area contributed by atoms with Crippen LogP contribution in [0.1, 0.15) is 0 Å². The van der Waals surface area contributed by atoms with E-state index in [1.54, 1.807) is 0 Å². The molecule has 0 rings (SSSR count). The van der Waals surface area contributed by atoms with Gasteiger partial charge in [0.15, 0.2) is 0 Å². The van der Waals surface area contributed by atoms with Gasteiger partial charge in [0.2, 0.25) is 0 Å². The van der Waals surface area contributed by atoms with Gasteiger partial charge in [-0.1, -0.05) is 0 Å². The molecule has 0 amide bonds. The molecule has 3 nitrogen and oxygen atoms in total. The van der Waals surface area contributed by atoms with E-state index in [9.17, 15) is 13.8 Å². The normalized spacial score (nSPS) is 11.7. The third-order valence-corrected chi connectivity index (χ3v) is 1.08. The molecule has 1 unspecified atom stereocenters. The Morgan fingerprint density at radius 1 is 1.89 bits per heavy atom. The van der Waals surface area contributed by atoms with Crippen molar-refractivity contribution in [2.45, 2.75) is 0 Å². The van der Waals surface area contributed by atoms with Crippen LogP contribution in [0.5, 0.6) is 0 Å². The van der Waals surface area contributed by atoms with Gasteiger partial charge < -0.3 is 0 Å². The van der Waals surface area contributed by atoms with Crippen molar-refractivity contribution in [3.63, 3.8) is 0 Å². The van der Waals surface area contributed by atoms with E-state index in [0.717, 1.165) is 0 Å². The summed E-state index contributed by atoms with van der Waals surface area (Å²) < 4.78 is 21.1. The number of carbonyl (C=O) groups is 1. The van der Waals surface area contributed by atoms with E-state index >= 15 is 0 Å². The minimum absolute atomic E-state index is 0.571. The molecule has 0 saturated carbocycles. The molecule has 0 aliphatic carbocycles. The summed E-state index contributed by atoms with van der Waals surface area (Å²) in [5.41, 5.74) is 1.87. The zero-order chi connectivity index (χ0) is 7.28. The summed E-state index contributed by atoms with van der Waals surface area (Å²) in [5, 5.41) is 8.06. The number of carboxylic acid groups (broad SMARTS) is 1. The van der Waals surface area contributed by atoms with Crippen LogP contribution in [-0.2, 0) is 9.36 Å². The van der Waals surface area contributed by atoms with E-state index in [4.69, 9.17) is 5.11 Å². The van der Waals surface area contributed by atoms with Gasteiger partial charge in [-0.15, -0.1) is 0 Å². The summed E-state index contributed by atoms with van der Waals surface area (Å²) >= 11 is 0. The Morgan fingerprint density at radius 3 is 2.56 bits per heavy atom. The van der Waals surface area contributed by atoms with Crippen LogP contribution in [0.25, 0.3) is 0 Å². The molecule has 0 aromatic rings. The quantitative estimate of drug-likeness (QED) is 0.595. The van der Waals surface area contributed by atoms with Crippen molar-refractivity contribution in [1.82, 2.24) is 0 Å². The van der Waals surface area contributed by atoms with Gasteiger partial charge in [0.25, 0.3) is 0 Å². The standard InChI is InChI=1S/C4H4FO3P/c5-1-3(2-9-8)4(6)7/h3H,1H2,(H,6,7). The predicted molar refractivity (Wildman–Crippen MR) is 28.6 cm³/mol. The molecule has 9 heavy (non-hydrogen) atoms. The Kier molecular flexibility index (Phi) is 4.02. The zero-order valence-electron chi connectivity index (χ0n) is 4.37. The molecule has 0 radical (unpaired) electrons. The monoisotopic (exact) mass is 150 g/mol. The third-order valence-electron chi connectivity index (χ3n) is 0.661. The van der Waals surface area contributed by atoms with Gasteiger partial charge >= 0.3 is 51.0 Å². The van der Waals surface area contributed by atoms with Crippen LogP contribution >= 0.6 is 7.92 Å². The summed E-state index contributed by atoms with van der Waals surface area (Å²) in [4.78, 5) is 9.87. The number of rotatable bonds is 2. The van der Waals surface area contributed by atoms with Crippen molar-refractivity contribution in [3.8, 4) is 5.63 Å². The topological polar surface area (TPSA) is 54.4 Å². The van der Waals surface area contributed by atoms with Crippen molar-refractivity contribution in [2.75, 3.05) is 6.67 Å². The first-order valence-corrected chi connectivity index (χ1v) is 2.90. The second-order valence-electron chi connectivity index (χ2n) is 1.27. The first-order valence-electron chi connectivity index (χ1n) is 2.09. The zero-order valence-corrected chi connectivity index (χ0v) is 5.27. The van der Waals surface area contributed by atoms with Gasteiger partial charge in [-0.05, 0) is 0 Å². The van der Waals surface area contributed by atoms with Crippen molar-refractivity contribution >= 4 is 13.9 Å². The summed E-state index contributed by atoms with van der Waals surface area (Å²) in [6.07, 6.45) is 0. The number of halogens is 1. The van der Waals surface area contributed by atoms with Crippen LogP contribution in [0.4, 0.5) is 4.39 Å². The second-order valence-corrected chi connectivity index (χ2v) is 1.71. The fourth-order valence-electron chi connectivity index (χ4n) is 0.219. The molecule has 0 bridgehead atoms. The van der Waals surface area contributed by atoms with Crippen molar-refractivity contribution in [3.05, 3.63) is 0 Å². The molecule has 0 spiro atoms. The van der Waals surface area contributed by atoms with Gasteiger partial charge in [-0.3, -0.25) is 0 Å². The molecule has 0 saturated heterocycles. The molecular formula is C4H4FO3P. The number of aliphatic carboxylic acids is 1. The Hall–Kier alpha value is -0.590. The van der Waals surface area contributed by atoms with E-state index in [-0.39, 0.29) is 0 Å². The Labute approximate surface area is 52.0 Å². The van der Waals surface area contributed by atoms with Gasteiger partial charge in [0.05, 0.1) is 0 Å². The van der Waals surface area contributed by atoms with Crippen molar-refractivity contribution in [2.24, 2.45) is 5.92 Å². The SMILES string of the molecule is O=P#CC(CF)C(=O)O. The molecule has 50 valence electrons. The van der Waals surface area contributed by atoms with Crippen LogP contribution in [0, 0.1) is 11.5 Å². The Morgan fingerprint density at radius 2 is 2.44 bits per heavy atom. The van der Waals surface area contributed by atoms with Crippen LogP contribution in [0.2, 0.25) is 0 Å². The molecular weight excluding hydrogens is 146 g/mol. The molecule has 0 fully saturated rings. The van der Waals surface area contributed by atoms with Crippen LogP contribution < -0.4 is 0 Å². The van der Waals surface area contributed by atoms with Gasteiger partial charge in [-0.25, -0.2) is 0 Å². The van der Waals surface area contributed by atoms with Crippen LogP contribution in [-0.4, -0.2) is 17.8 Å². The summed E-state index contributed by atoms with van der Waals surface area (Å²) in [6.45, 7) is -1.06. The van der Waals surface area contributed by atoms with Gasteiger partial charge in [0, 0.05) is 0 Å². The molecule has 1 N–H and O–H groups in total. The second kappa shape index (κ2) is 4.30. The van der Waals surface area contributed by atoms with E-state index in [1.807, 2.05) is 5.63 Å². The van der Waals surface area contributed by atoms with Crippen LogP contribution in [0.3, 0.4) is 0 Å². The summed E-state index contributed by atoms with van der Waals surface area (Å²) in [6, 6.07) is 0. The molecule has 0 aliphatic rings. The Bertz CT molecular complexity index is 195. The predicted octanol–water partition coefficient (Wildman–Crippen LogP) is 0.908.